The minimum absolute atomic E-state index is 0.120. The quantitative estimate of drug-likeness (QED) is 0.689. The topological polar surface area (TPSA) is 80.5 Å². The molecule has 0 atom stereocenters. The fourth-order valence-electron chi connectivity index (χ4n) is 3.54. The third-order valence-corrected chi connectivity index (χ3v) is 5.44. The Morgan fingerprint density at radius 1 is 1.00 bits per heavy atom. The Morgan fingerprint density at radius 3 is 2.31 bits per heavy atom. The van der Waals surface area contributed by atoms with Crippen molar-refractivity contribution in [1.82, 2.24) is 9.13 Å². The Kier molecular flexibility index (Phi) is 5.21. The van der Waals surface area contributed by atoms with Gasteiger partial charge in [0, 0.05) is 27.2 Å². The van der Waals surface area contributed by atoms with Crippen molar-refractivity contribution < 1.29 is 9.53 Å². The van der Waals surface area contributed by atoms with Gasteiger partial charge >= 0.3 is 11.7 Å². The maximum absolute atomic E-state index is 12.7. The lowest BCUT2D eigenvalue weighted by molar-refractivity contribution is 0.123. The normalized spacial score (nSPS) is 14.2. The van der Waals surface area contributed by atoms with Crippen molar-refractivity contribution in [3.63, 3.8) is 0 Å². The number of halogens is 1. The van der Waals surface area contributed by atoms with Crippen LogP contribution >= 0.6 is 11.6 Å². The van der Waals surface area contributed by atoms with E-state index in [2.05, 4.69) is 15.5 Å². The van der Waals surface area contributed by atoms with Gasteiger partial charge in [0.15, 0.2) is 0 Å². The van der Waals surface area contributed by atoms with Crippen LogP contribution in [0, 0.1) is 0 Å². The predicted molar refractivity (Wildman–Crippen MR) is 115 cm³/mol. The van der Waals surface area contributed by atoms with E-state index in [9.17, 15) is 9.59 Å². The Hall–Kier alpha value is -2.97. The standard InChI is InChI=1S/C20H22ClN5O3/c1-24-17-11-15(23-19(27)22-14-6-4-3-5-13(14)21)16(26-7-9-29-10-8-26)12-18(17)25(2)20(24)28/h3-6,11-12H,7-10H2,1-2H3,(H2,22,23,27). The van der Waals surface area contributed by atoms with E-state index in [1.165, 1.54) is 0 Å². The zero-order valence-electron chi connectivity index (χ0n) is 16.2. The minimum Gasteiger partial charge on any atom is -0.378 e. The van der Waals surface area contributed by atoms with E-state index in [4.69, 9.17) is 16.3 Å². The molecule has 2 amide bonds. The van der Waals surface area contributed by atoms with Crippen molar-refractivity contribution in [2.75, 3.05) is 41.8 Å². The number of carbonyl (C=O) groups is 1. The first-order chi connectivity index (χ1) is 14.0. The van der Waals surface area contributed by atoms with E-state index >= 15 is 0 Å². The summed E-state index contributed by atoms with van der Waals surface area (Å²) in [7, 11) is 3.46. The molecule has 1 aliphatic rings. The summed E-state index contributed by atoms with van der Waals surface area (Å²) in [5, 5.41) is 6.14. The highest BCUT2D eigenvalue weighted by atomic mass is 35.5. The van der Waals surface area contributed by atoms with Gasteiger partial charge in [-0.1, -0.05) is 23.7 Å². The van der Waals surface area contributed by atoms with Gasteiger partial charge in [-0.3, -0.25) is 9.13 Å². The first-order valence-corrected chi connectivity index (χ1v) is 9.68. The second-order valence-electron chi connectivity index (χ2n) is 6.92. The Bertz CT molecular complexity index is 1130. The van der Waals surface area contributed by atoms with E-state index in [1.54, 1.807) is 47.5 Å². The van der Waals surface area contributed by atoms with Crippen molar-refractivity contribution >= 4 is 45.7 Å². The summed E-state index contributed by atoms with van der Waals surface area (Å²) >= 11 is 6.14. The lowest BCUT2D eigenvalue weighted by Crippen LogP contribution is -2.37. The maximum Gasteiger partial charge on any atom is 0.328 e. The first-order valence-electron chi connectivity index (χ1n) is 9.30. The number of anilines is 3. The van der Waals surface area contributed by atoms with Crippen molar-refractivity contribution in [3.05, 3.63) is 51.9 Å². The Morgan fingerprint density at radius 2 is 1.62 bits per heavy atom. The van der Waals surface area contributed by atoms with Crippen LogP contribution in [0.5, 0.6) is 0 Å². The molecule has 8 nitrogen and oxygen atoms in total. The number of nitrogens with zero attached hydrogens (tertiary/aromatic N) is 3. The highest BCUT2D eigenvalue weighted by molar-refractivity contribution is 6.33. The van der Waals surface area contributed by atoms with Gasteiger partial charge in [0.2, 0.25) is 0 Å². The summed E-state index contributed by atoms with van der Waals surface area (Å²) in [6.45, 7) is 2.62. The average molecular weight is 416 g/mol. The van der Waals surface area contributed by atoms with Crippen LogP contribution in [0.2, 0.25) is 5.02 Å². The molecule has 3 aromatic rings. The number of ether oxygens (including phenoxy) is 1. The molecular formula is C20H22ClN5O3. The molecule has 0 saturated carbocycles. The number of rotatable bonds is 3. The number of fused-ring (bicyclic) bond motifs is 1. The van der Waals surface area contributed by atoms with Crippen LogP contribution in [0.25, 0.3) is 11.0 Å². The largest absolute Gasteiger partial charge is 0.378 e. The van der Waals surface area contributed by atoms with Gasteiger partial charge in [0.1, 0.15) is 0 Å². The van der Waals surface area contributed by atoms with Crippen LogP contribution in [0.15, 0.2) is 41.2 Å². The molecule has 2 N–H and O–H groups in total. The molecule has 152 valence electrons. The van der Waals surface area contributed by atoms with Crippen molar-refractivity contribution in [3.8, 4) is 0 Å². The molecule has 1 saturated heterocycles. The van der Waals surface area contributed by atoms with Gasteiger partial charge in [-0.2, -0.15) is 0 Å². The number of aryl methyl sites for hydroxylation is 2. The smallest absolute Gasteiger partial charge is 0.328 e. The van der Waals surface area contributed by atoms with Crippen LogP contribution in [0.4, 0.5) is 21.9 Å². The second kappa shape index (κ2) is 7.81. The third kappa shape index (κ3) is 3.68. The van der Waals surface area contributed by atoms with Gasteiger partial charge < -0.3 is 20.3 Å². The summed E-state index contributed by atoms with van der Waals surface area (Å²) in [5.74, 6) is 0. The number of carbonyl (C=O) groups excluding carboxylic acids is 1. The molecule has 4 rings (SSSR count). The Balaban J connectivity index is 1.72. The molecule has 2 heterocycles. The summed E-state index contributed by atoms with van der Waals surface area (Å²) in [4.78, 5) is 27.2. The summed E-state index contributed by atoms with van der Waals surface area (Å²) in [6, 6.07) is 10.4. The number of hydrogen-bond acceptors (Lipinski definition) is 4. The van der Waals surface area contributed by atoms with Gasteiger partial charge in [-0.05, 0) is 24.3 Å². The van der Waals surface area contributed by atoms with Crippen LogP contribution in [-0.4, -0.2) is 41.5 Å². The van der Waals surface area contributed by atoms with E-state index in [0.29, 0.717) is 42.7 Å². The van der Waals surface area contributed by atoms with E-state index in [-0.39, 0.29) is 5.69 Å². The number of imidazole rings is 1. The van der Waals surface area contributed by atoms with Crippen molar-refractivity contribution in [2.45, 2.75) is 0 Å². The van der Waals surface area contributed by atoms with E-state index in [1.807, 2.05) is 12.1 Å². The molecule has 29 heavy (non-hydrogen) atoms. The molecule has 0 unspecified atom stereocenters. The van der Waals surface area contributed by atoms with Gasteiger partial charge in [-0.15, -0.1) is 0 Å². The zero-order valence-corrected chi connectivity index (χ0v) is 17.0. The molecule has 9 heteroatoms. The molecule has 1 aromatic heterocycles. The molecule has 1 fully saturated rings. The fourth-order valence-corrected chi connectivity index (χ4v) is 3.72. The number of aromatic nitrogens is 2. The summed E-state index contributed by atoms with van der Waals surface area (Å²) in [6.07, 6.45) is 0. The van der Waals surface area contributed by atoms with Crippen molar-refractivity contribution in [1.29, 1.82) is 0 Å². The minimum atomic E-state index is -0.409. The predicted octanol–water partition coefficient (Wildman–Crippen LogP) is 3.01. The molecule has 0 spiro atoms. The average Bonchev–Trinajstić information content (AvgIpc) is 2.93. The number of morpholine rings is 1. The van der Waals surface area contributed by atoms with Crippen LogP contribution in [0.1, 0.15) is 0 Å². The van der Waals surface area contributed by atoms with Crippen LogP contribution in [-0.2, 0) is 18.8 Å². The zero-order chi connectivity index (χ0) is 20.5. The number of nitrogens with one attached hydrogen (secondary N) is 2. The Labute approximate surface area is 172 Å². The molecule has 0 aliphatic carbocycles. The van der Waals surface area contributed by atoms with E-state index in [0.717, 1.165) is 16.7 Å². The van der Waals surface area contributed by atoms with Gasteiger partial charge in [0.05, 0.1) is 46.3 Å². The second-order valence-corrected chi connectivity index (χ2v) is 7.32. The highest BCUT2D eigenvalue weighted by Gasteiger charge is 2.20. The lowest BCUT2D eigenvalue weighted by Gasteiger charge is -2.30. The van der Waals surface area contributed by atoms with Crippen LogP contribution < -0.4 is 21.2 Å². The molecular weight excluding hydrogens is 394 g/mol. The lowest BCUT2D eigenvalue weighted by atomic mass is 10.2. The molecule has 0 bridgehead atoms. The van der Waals surface area contributed by atoms with Gasteiger partial charge in [-0.25, -0.2) is 9.59 Å². The molecule has 1 aliphatic heterocycles. The first kappa shape index (κ1) is 19.4. The summed E-state index contributed by atoms with van der Waals surface area (Å²) in [5.41, 5.74) is 3.40. The number of benzene rings is 2. The SMILES string of the molecule is Cn1c(=O)n(C)c2cc(N3CCOCC3)c(NC(=O)Nc3ccccc3Cl)cc21. The van der Waals surface area contributed by atoms with Crippen LogP contribution in [0.3, 0.4) is 0 Å². The number of urea groups is 1. The number of amides is 2. The van der Waals surface area contributed by atoms with Crippen molar-refractivity contribution in [2.24, 2.45) is 14.1 Å². The molecule has 2 aromatic carbocycles. The highest BCUT2D eigenvalue weighted by Crippen LogP contribution is 2.32. The maximum atomic E-state index is 12.7. The van der Waals surface area contributed by atoms with Gasteiger partial charge in [0.25, 0.3) is 0 Å². The monoisotopic (exact) mass is 415 g/mol. The summed E-state index contributed by atoms with van der Waals surface area (Å²) < 4.78 is 8.62. The van der Waals surface area contributed by atoms with E-state index < -0.39 is 6.03 Å². The number of hydrogen-bond donors (Lipinski definition) is 2. The molecule has 0 radical (unpaired) electrons. The third-order valence-electron chi connectivity index (χ3n) is 5.11. The fraction of sp³-hybridized carbons (Fsp3) is 0.300. The number of para-hydroxylation sites is 1.